The van der Waals surface area contributed by atoms with E-state index in [1.807, 2.05) is 6.07 Å². The molecule has 0 unspecified atom stereocenters. The molecule has 1 aromatic carbocycles. The van der Waals surface area contributed by atoms with Crippen molar-refractivity contribution in [2.24, 2.45) is 5.92 Å². The van der Waals surface area contributed by atoms with Crippen LogP contribution in [0.4, 0.5) is 0 Å². The van der Waals surface area contributed by atoms with Crippen molar-refractivity contribution in [1.82, 2.24) is 4.90 Å². The minimum atomic E-state index is -1.72. The molecule has 0 aromatic heterocycles. The molecule has 1 aliphatic carbocycles. The van der Waals surface area contributed by atoms with Gasteiger partial charge in [0.05, 0.1) is 12.2 Å². The number of ether oxygens (including phenoxy) is 1. The molecule has 2 fully saturated rings. The van der Waals surface area contributed by atoms with Gasteiger partial charge in [-0.1, -0.05) is 12.1 Å². The third-order valence-corrected chi connectivity index (χ3v) is 4.56. The van der Waals surface area contributed by atoms with Crippen LogP contribution in [0.15, 0.2) is 24.3 Å². The highest BCUT2D eigenvalue weighted by Crippen LogP contribution is 2.31. The number of carbonyl (C=O) groups is 2. The zero-order chi connectivity index (χ0) is 16.4. The highest BCUT2D eigenvalue weighted by Gasteiger charge is 2.40. The molecule has 23 heavy (non-hydrogen) atoms. The molecule has 1 aliphatic heterocycles. The Balaban J connectivity index is 1.67. The summed E-state index contributed by atoms with van der Waals surface area (Å²) in [6.07, 6.45) is 2.43. The maximum absolute atomic E-state index is 12.7. The molecule has 1 amide bonds. The molecule has 1 saturated heterocycles. The molecule has 3 rings (SSSR count). The van der Waals surface area contributed by atoms with E-state index in [-0.39, 0.29) is 31.8 Å². The zero-order valence-electron chi connectivity index (χ0n) is 12.9. The van der Waals surface area contributed by atoms with Crippen molar-refractivity contribution >= 4 is 11.9 Å². The van der Waals surface area contributed by atoms with Gasteiger partial charge in [0.1, 0.15) is 5.75 Å². The van der Waals surface area contributed by atoms with E-state index < -0.39 is 11.6 Å². The van der Waals surface area contributed by atoms with Gasteiger partial charge in [0, 0.05) is 25.9 Å². The van der Waals surface area contributed by atoms with Crippen LogP contribution in [0.3, 0.4) is 0 Å². The van der Waals surface area contributed by atoms with Gasteiger partial charge >= 0.3 is 5.97 Å². The molecule has 0 atom stereocenters. The van der Waals surface area contributed by atoms with E-state index in [9.17, 15) is 14.7 Å². The van der Waals surface area contributed by atoms with Crippen LogP contribution in [-0.4, -0.2) is 52.3 Å². The minimum Gasteiger partial charge on any atom is -0.492 e. The smallest absolute Gasteiger partial charge is 0.335 e. The van der Waals surface area contributed by atoms with Crippen LogP contribution in [0, 0.1) is 5.92 Å². The van der Waals surface area contributed by atoms with Gasteiger partial charge in [-0.2, -0.15) is 0 Å². The van der Waals surface area contributed by atoms with Crippen molar-refractivity contribution in [2.45, 2.75) is 31.3 Å². The SMILES string of the molecule is O=C(c1ccccc1OCC1CC1)N1CCC(O)(C(=O)O)CC1. The Morgan fingerprint density at radius 2 is 1.87 bits per heavy atom. The second-order valence-corrected chi connectivity index (χ2v) is 6.38. The first kappa shape index (κ1) is 15.8. The first-order valence-corrected chi connectivity index (χ1v) is 7.96. The Labute approximate surface area is 134 Å². The number of likely N-dealkylation sites (tertiary alicyclic amines) is 1. The Morgan fingerprint density at radius 1 is 1.22 bits per heavy atom. The molecule has 124 valence electrons. The number of amides is 1. The minimum absolute atomic E-state index is 0.0408. The van der Waals surface area contributed by atoms with Crippen LogP contribution in [0.2, 0.25) is 0 Å². The van der Waals surface area contributed by atoms with Crippen molar-refractivity contribution in [3.05, 3.63) is 29.8 Å². The Kier molecular flexibility index (Phi) is 4.26. The fraction of sp³-hybridized carbons (Fsp3) is 0.529. The van der Waals surface area contributed by atoms with E-state index in [1.54, 1.807) is 23.1 Å². The summed E-state index contributed by atoms with van der Waals surface area (Å²) in [6, 6.07) is 7.13. The van der Waals surface area contributed by atoms with E-state index in [1.165, 1.54) is 12.8 Å². The second-order valence-electron chi connectivity index (χ2n) is 6.38. The standard InChI is InChI=1S/C17H21NO5/c19-15(18-9-7-17(22,8-10-18)16(20)21)13-3-1-2-4-14(13)23-11-12-5-6-12/h1-4,12,22H,5-11H2,(H,20,21). The molecule has 2 aliphatic rings. The van der Waals surface area contributed by atoms with E-state index in [2.05, 4.69) is 0 Å². The number of rotatable bonds is 5. The summed E-state index contributed by atoms with van der Waals surface area (Å²) in [5.41, 5.74) is -1.23. The van der Waals surface area contributed by atoms with Gasteiger partial charge in [-0.3, -0.25) is 4.79 Å². The number of hydrogen-bond acceptors (Lipinski definition) is 4. The van der Waals surface area contributed by atoms with Crippen LogP contribution < -0.4 is 4.74 Å². The third kappa shape index (κ3) is 3.47. The number of carboxylic acid groups (broad SMARTS) is 1. The predicted octanol–water partition coefficient (Wildman–Crippen LogP) is 1.53. The number of benzene rings is 1. The maximum atomic E-state index is 12.7. The van der Waals surface area contributed by atoms with Crippen LogP contribution in [0.1, 0.15) is 36.0 Å². The summed E-state index contributed by atoms with van der Waals surface area (Å²) in [6.45, 7) is 1.07. The zero-order valence-corrected chi connectivity index (χ0v) is 12.9. The number of carbonyl (C=O) groups excluding carboxylic acids is 1. The van der Waals surface area contributed by atoms with Crippen molar-refractivity contribution < 1.29 is 24.5 Å². The first-order chi connectivity index (χ1) is 11.0. The summed E-state index contributed by atoms with van der Waals surface area (Å²) in [5, 5.41) is 19.0. The molecule has 1 heterocycles. The number of para-hydroxylation sites is 1. The van der Waals surface area contributed by atoms with E-state index in [0.29, 0.717) is 23.8 Å². The molecule has 0 bridgehead atoms. The lowest BCUT2D eigenvalue weighted by Crippen LogP contribution is -2.50. The van der Waals surface area contributed by atoms with Gasteiger partial charge in [-0.05, 0) is 30.9 Å². The molecular formula is C17H21NO5. The summed E-state index contributed by atoms with van der Waals surface area (Å²) in [4.78, 5) is 25.3. The Morgan fingerprint density at radius 3 is 2.48 bits per heavy atom. The third-order valence-electron chi connectivity index (χ3n) is 4.56. The number of aliphatic hydroxyl groups is 1. The number of piperidine rings is 1. The summed E-state index contributed by atoms with van der Waals surface area (Å²) >= 11 is 0. The molecule has 6 nitrogen and oxygen atoms in total. The van der Waals surface area contributed by atoms with Crippen LogP contribution >= 0.6 is 0 Å². The molecule has 0 radical (unpaired) electrons. The Bertz CT molecular complexity index is 603. The monoisotopic (exact) mass is 319 g/mol. The van der Waals surface area contributed by atoms with Crippen LogP contribution in [-0.2, 0) is 4.79 Å². The molecular weight excluding hydrogens is 298 g/mol. The molecule has 2 N–H and O–H groups in total. The fourth-order valence-electron chi connectivity index (χ4n) is 2.73. The van der Waals surface area contributed by atoms with Gasteiger partial charge in [0.15, 0.2) is 5.60 Å². The number of aliphatic carboxylic acids is 1. The van der Waals surface area contributed by atoms with Crippen molar-refractivity contribution in [3.8, 4) is 5.75 Å². The first-order valence-electron chi connectivity index (χ1n) is 7.96. The van der Waals surface area contributed by atoms with E-state index in [4.69, 9.17) is 9.84 Å². The Hall–Kier alpha value is -2.08. The number of carboxylic acids is 1. The topological polar surface area (TPSA) is 87.1 Å². The van der Waals surface area contributed by atoms with E-state index >= 15 is 0 Å². The highest BCUT2D eigenvalue weighted by molar-refractivity contribution is 5.97. The van der Waals surface area contributed by atoms with Crippen LogP contribution in [0.25, 0.3) is 0 Å². The fourth-order valence-corrected chi connectivity index (χ4v) is 2.73. The summed E-state index contributed by atoms with van der Waals surface area (Å²) in [7, 11) is 0. The molecule has 1 aromatic rings. The molecule has 6 heteroatoms. The van der Waals surface area contributed by atoms with Gasteiger partial charge in [-0.15, -0.1) is 0 Å². The number of nitrogens with zero attached hydrogens (tertiary/aromatic N) is 1. The average Bonchev–Trinajstić information content (AvgIpc) is 3.37. The lowest BCUT2D eigenvalue weighted by atomic mass is 9.91. The molecule has 0 spiro atoms. The highest BCUT2D eigenvalue weighted by atomic mass is 16.5. The second kappa shape index (κ2) is 6.20. The van der Waals surface area contributed by atoms with Gasteiger partial charge in [0.25, 0.3) is 5.91 Å². The van der Waals surface area contributed by atoms with E-state index in [0.717, 1.165) is 0 Å². The van der Waals surface area contributed by atoms with Crippen molar-refractivity contribution in [3.63, 3.8) is 0 Å². The largest absolute Gasteiger partial charge is 0.492 e. The van der Waals surface area contributed by atoms with Gasteiger partial charge in [0.2, 0.25) is 0 Å². The van der Waals surface area contributed by atoms with Crippen molar-refractivity contribution in [2.75, 3.05) is 19.7 Å². The number of hydrogen-bond donors (Lipinski definition) is 2. The summed E-state index contributed by atoms with van der Waals surface area (Å²) < 4.78 is 5.76. The van der Waals surface area contributed by atoms with Gasteiger partial charge < -0.3 is 19.8 Å². The summed E-state index contributed by atoms with van der Waals surface area (Å²) in [5.74, 6) is -0.233. The quantitative estimate of drug-likeness (QED) is 0.859. The lowest BCUT2D eigenvalue weighted by Gasteiger charge is -2.35. The maximum Gasteiger partial charge on any atom is 0.335 e. The average molecular weight is 319 g/mol. The normalized spacial score (nSPS) is 20.1. The lowest BCUT2D eigenvalue weighted by molar-refractivity contribution is -0.162. The molecule has 1 saturated carbocycles. The van der Waals surface area contributed by atoms with Crippen LogP contribution in [0.5, 0.6) is 5.75 Å². The predicted molar refractivity (Wildman–Crippen MR) is 82.4 cm³/mol. The van der Waals surface area contributed by atoms with Crippen molar-refractivity contribution in [1.29, 1.82) is 0 Å². The van der Waals surface area contributed by atoms with Gasteiger partial charge in [-0.25, -0.2) is 4.79 Å².